The molecule has 0 aromatic heterocycles. The summed E-state index contributed by atoms with van der Waals surface area (Å²) in [6, 6.07) is 0. The van der Waals surface area contributed by atoms with Gasteiger partial charge in [0.1, 0.15) is 6.10 Å². The van der Waals surface area contributed by atoms with Crippen LogP contribution in [0.5, 0.6) is 0 Å². The lowest BCUT2D eigenvalue weighted by atomic mass is 9.42. The average molecular weight is 535 g/mol. The molecule has 5 rings (SSSR count). The van der Waals surface area contributed by atoms with Crippen molar-refractivity contribution in [3.05, 3.63) is 23.0 Å². The molecule has 2 bridgehead atoms. The van der Waals surface area contributed by atoms with Gasteiger partial charge in [-0.3, -0.25) is 4.79 Å². The second kappa shape index (κ2) is 8.62. The average Bonchev–Trinajstić information content (AvgIpc) is 3.12. The lowest BCUT2D eigenvalue weighted by Gasteiger charge is -2.63. The molecule has 11 nitrogen and oxygen atoms in total. The number of allylic oxidation sites excluding steroid dienone is 3. The van der Waals surface area contributed by atoms with Crippen molar-refractivity contribution in [1.82, 2.24) is 0 Å². The fourth-order valence-corrected chi connectivity index (χ4v) is 8.42. The maximum Gasteiger partial charge on any atom is 0.348 e. The first-order valence-electron chi connectivity index (χ1n) is 12.8. The van der Waals surface area contributed by atoms with Gasteiger partial charge in [-0.25, -0.2) is 14.4 Å². The molecule has 1 unspecified atom stereocenters. The van der Waals surface area contributed by atoms with Gasteiger partial charge < -0.3 is 34.3 Å². The topological polar surface area (TPSA) is 166 Å². The number of methoxy groups -OCH3 is 1. The zero-order valence-electron chi connectivity index (χ0n) is 22.1. The third-order valence-electron chi connectivity index (χ3n) is 9.72. The molecular weight excluding hydrogens is 500 g/mol. The summed E-state index contributed by atoms with van der Waals surface area (Å²) in [5.74, 6) is -6.02. The van der Waals surface area contributed by atoms with Gasteiger partial charge in [-0.2, -0.15) is 0 Å². The van der Waals surface area contributed by atoms with Gasteiger partial charge in [0, 0.05) is 30.3 Å². The number of carbonyl (C=O) groups excluding carboxylic acids is 4. The number of ketones is 1. The third kappa shape index (κ3) is 3.31. The van der Waals surface area contributed by atoms with Gasteiger partial charge in [0.15, 0.2) is 17.1 Å². The largest absolute Gasteiger partial charge is 0.504 e. The molecule has 0 aromatic carbocycles. The number of Topliss-reactive ketones (excluding diaryl/α,β-unsaturated/α-hetero) is 1. The second-order valence-corrected chi connectivity index (χ2v) is 11.9. The van der Waals surface area contributed by atoms with Crippen LogP contribution in [0.1, 0.15) is 47.0 Å². The van der Waals surface area contributed by atoms with E-state index < -0.39 is 88.7 Å². The Morgan fingerprint density at radius 2 is 1.84 bits per heavy atom. The first-order chi connectivity index (χ1) is 17.7. The summed E-state index contributed by atoms with van der Waals surface area (Å²) in [7, 11) is 1.15. The maximum absolute atomic E-state index is 13.5. The quantitative estimate of drug-likeness (QED) is 0.268. The molecule has 0 aromatic rings. The molecule has 4 fully saturated rings. The first kappa shape index (κ1) is 26.8. The number of aliphatic hydroxyl groups excluding tert-OH is 3. The van der Waals surface area contributed by atoms with Crippen LogP contribution in [-0.2, 0) is 38.1 Å². The Kier molecular flexibility index (Phi) is 6.09. The predicted molar refractivity (Wildman–Crippen MR) is 127 cm³/mol. The van der Waals surface area contributed by atoms with Crippen molar-refractivity contribution >= 4 is 23.7 Å². The van der Waals surface area contributed by atoms with E-state index in [1.807, 2.05) is 0 Å². The molecule has 208 valence electrons. The minimum Gasteiger partial charge on any atom is -0.504 e. The van der Waals surface area contributed by atoms with Crippen LogP contribution in [0.4, 0.5) is 0 Å². The standard InChI is InChI=1S/C27H34O11/c1-11(2)6-17(30)38-20-22-26-10-36-27(22,24(34)35-5)9-15(29)19(32)21(26)25(4)8-14(28)18(31)12(3)13(25)7-16(26)37-23(20)33/h6,13,15-16,19-22,29,31-32H,7-10H2,1-5H3/t13-,15+,16+,19-,20+,21?,22+,25-,26+,27+/m0/s1. The molecule has 0 radical (unpaired) electrons. The summed E-state index contributed by atoms with van der Waals surface area (Å²) >= 11 is 0. The minimum atomic E-state index is -1.92. The van der Waals surface area contributed by atoms with Crippen molar-refractivity contribution in [2.45, 2.75) is 77.0 Å². The molecule has 38 heavy (non-hydrogen) atoms. The van der Waals surface area contributed by atoms with Crippen LogP contribution < -0.4 is 0 Å². The van der Waals surface area contributed by atoms with Gasteiger partial charge in [0.05, 0.1) is 31.8 Å². The summed E-state index contributed by atoms with van der Waals surface area (Å²) in [6.45, 7) is 6.63. The second-order valence-electron chi connectivity index (χ2n) is 11.9. The van der Waals surface area contributed by atoms with E-state index >= 15 is 0 Å². The molecule has 2 heterocycles. The Labute approximate surface area is 219 Å². The molecule has 3 N–H and O–H groups in total. The van der Waals surface area contributed by atoms with Crippen LogP contribution in [0.3, 0.4) is 0 Å². The summed E-state index contributed by atoms with van der Waals surface area (Å²) in [5.41, 5.74) is -3.22. The zero-order valence-corrected chi connectivity index (χ0v) is 22.1. The molecule has 2 saturated carbocycles. The predicted octanol–water partition coefficient (Wildman–Crippen LogP) is 0.907. The summed E-state index contributed by atoms with van der Waals surface area (Å²) in [5, 5.41) is 33.4. The first-order valence-corrected chi connectivity index (χ1v) is 12.8. The van der Waals surface area contributed by atoms with Crippen LogP contribution in [0.2, 0.25) is 0 Å². The molecule has 0 amide bonds. The summed E-state index contributed by atoms with van der Waals surface area (Å²) in [6.07, 6.45) is -4.65. The maximum atomic E-state index is 13.5. The van der Waals surface area contributed by atoms with Crippen LogP contribution in [0.25, 0.3) is 0 Å². The number of rotatable bonds is 3. The number of carbonyl (C=O) groups is 4. The Balaban J connectivity index is 1.76. The van der Waals surface area contributed by atoms with Crippen molar-refractivity contribution in [3.8, 4) is 0 Å². The Morgan fingerprint density at radius 3 is 2.47 bits per heavy atom. The van der Waals surface area contributed by atoms with Crippen LogP contribution >= 0.6 is 0 Å². The van der Waals surface area contributed by atoms with E-state index in [1.54, 1.807) is 27.7 Å². The van der Waals surface area contributed by atoms with Crippen LogP contribution in [-0.4, -0.2) is 82.7 Å². The number of fused-ring (bicyclic) bond motifs is 2. The van der Waals surface area contributed by atoms with Gasteiger partial charge in [-0.1, -0.05) is 12.5 Å². The smallest absolute Gasteiger partial charge is 0.348 e. The fraction of sp³-hybridized carbons (Fsp3) is 0.704. The normalized spacial score (nSPS) is 45.3. The highest BCUT2D eigenvalue weighted by Gasteiger charge is 2.81. The number of hydrogen-bond acceptors (Lipinski definition) is 11. The highest BCUT2D eigenvalue weighted by molar-refractivity contribution is 5.95. The van der Waals surface area contributed by atoms with Gasteiger partial charge in [0.25, 0.3) is 0 Å². The Bertz CT molecular complexity index is 1170. The molecule has 3 aliphatic carbocycles. The van der Waals surface area contributed by atoms with Gasteiger partial charge >= 0.3 is 17.9 Å². The van der Waals surface area contributed by atoms with E-state index in [0.29, 0.717) is 11.1 Å². The van der Waals surface area contributed by atoms with Crippen molar-refractivity contribution in [2.24, 2.45) is 28.6 Å². The molecule has 10 atom stereocenters. The van der Waals surface area contributed by atoms with Crippen molar-refractivity contribution in [2.75, 3.05) is 13.7 Å². The number of aliphatic hydroxyl groups is 3. The highest BCUT2D eigenvalue weighted by atomic mass is 16.6. The molecule has 2 aliphatic heterocycles. The summed E-state index contributed by atoms with van der Waals surface area (Å²) < 4.78 is 22.9. The van der Waals surface area contributed by atoms with E-state index in [4.69, 9.17) is 18.9 Å². The molecule has 5 aliphatic rings. The SMILES string of the molecule is COC(=O)[C@]12C[C@@H](O)[C@H](O)C3[C@]4(CO1)[C@H]2[C@@H](OC(=O)C=C(C)C)C(=O)O[C@@H]4C[C@H]1C(C)=C(O)C(=O)C[C@]31C. The van der Waals surface area contributed by atoms with Gasteiger partial charge in [0.2, 0.25) is 6.10 Å². The Hall–Kier alpha value is -2.76. The van der Waals surface area contributed by atoms with E-state index in [-0.39, 0.29) is 25.2 Å². The monoisotopic (exact) mass is 534 g/mol. The lowest BCUT2D eigenvalue weighted by Crippen LogP contribution is -2.71. The number of hydrogen-bond donors (Lipinski definition) is 3. The van der Waals surface area contributed by atoms with Crippen molar-refractivity contribution in [1.29, 1.82) is 0 Å². The van der Waals surface area contributed by atoms with Gasteiger partial charge in [-0.15, -0.1) is 0 Å². The van der Waals surface area contributed by atoms with E-state index in [1.165, 1.54) is 6.08 Å². The molecule has 2 saturated heterocycles. The third-order valence-corrected chi connectivity index (χ3v) is 9.72. The highest BCUT2D eigenvalue weighted by Crippen LogP contribution is 2.71. The van der Waals surface area contributed by atoms with Crippen LogP contribution in [0, 0.1) is 28.6 Å². The molecular formula is C27H34O11. The lowest BCUT2D eigenvalue weighted by molar-refractivity contribution is -0.251. The van der Waals surface area contributed by atoms with E-state index in [0.717, 1.165) is 7.11 Å². The Morgan fingerprint density at radius 1 is 1.16 bits per heavy atom. The molecule has 1 spiro atoms. The fourth-order valence-electron chi connectivity index (χ4n) is 8.42. The van der Waals surface area contributed by atoms with Crippen molar-refractivity contribution in [3.63, 3.8) is 0 Å². The zero-order chi connectivity index (χ0) is 27.9. The number of ether oxygens (including phenoxy) is 4. The van der Waals surface area contributed by atoms with E-state index in [9.17, 15) is 34.5 Å². The van der Waals surface area contributed by atoms with Crippen molar-refractivity contribution < 1.29 is 53.4 Å². The van der Waals surface area contributed by atoms with Crippen LogP contribution in [0.15, 0.2) is 23.0 Å². The van der Waals surface area contributed by atoms with E-state index in [2.05, 4.69) is 0 Å². The number of esters is 3. The molecule has 11 heteroatoms. The minimum absolute atomic E-state index is 0.141. The van der Waals surface area contributed by atoms with Gasteiger partial charge in [-0.05, 0) is 44.1 Å². The summed E-state index contributed by atoms with van der Waals surface area (Å²) in [4.78, 5) is 52.6.